The first-order valence-electron chi connectivity index (χ1n) is 15.8. The summed E-state index contributed by atoms with van der Waals surface area (Å²) >= 11 is 0. The summed E-state index contributed by atoms with van der Waals surface area (Å²) in [7, 11) is 0. The summed E-state index contributed by atoms with van der Waals surface area (Å²) in [6.45, 7) is 13.2. The van der Waals surface area contributed by atoms with E-state index in [2.05, 4.69) is 56.6 Å². The molecule has 4 rings (SSSR count). The molecule has 1 aromatic carbocycles. The molecule has 0 aromatic heterocycles. The zero-order valence-electron chi connectivity index (χ0n) is 26.5. The van der Waals surface area contributed by atoms with Crippen LogP contribution >= 0.6 is 0 Å². The first kappa shape index (κ1) is 33.1. The predicted octanol–water partition coefficient (Wildman–Crippen LogP) is 5.34. The van der Waals surface area contributed by atoms with Gasteiger partial charge in [-0.3, -0.25) is 4.79 Å². The first-order chi connectivity index (χ1) is 20.2. The van der Waals surface area contributed by atoms with Gasteiger partial charge >= 0.3 is 6.03 Å². The molecule has 0 spiro atoms. The Morgan fingerprint density at radius 2 is 1.67 bits per heavy atom. The number of benzene rings is 1. The first-order valence-corrected chi connectivity index (χ1v) is 15.8. The van der Waals surface area contributed by atoms with Crippen molar-refractivity contribution in [3.05, 3.63) is 59.2 Å². The maximum atomic E-state index is 13.9. The summed E-state index contributed by atoms with van der Waals surface area (Å²) in [5.74, 6) is -1.75. The van der Waals surface area contributed by atoms with Gasteiger partial charge in [0.05, 0.1) is 17.7 Å². The van der Waals surface area contributed by atoms with Gasteiger partial charge in [-0.15, -0.1) is 0 Å². The van der Waals surface area contributed by atoms with E-state index in [1.54, 1.807) is 0 Å². The fourth-order valence-corrected chi connectivity index (χ4v) is 6.73. The molecule has 3 amide bonds. The summed E-state index contributed by atoms with van der Waals surface area (Å²) < 4.78 is 27.8. The van der Waals surface area contributed by atoms with Crippen molar-refractivity contribution in [1.82, 2.24) is 20.4 Å². The van der Waals surface area contributed by atoms with Gasteiger partial charge in [0.2, 0.25) is 5.91 Å². The van der Waals surface area contributed by atoms with Crippen LogP contribution in [0.1, 0.15) is 78.7 Å². The summed E-state index contributed by atoms with van der Waals surface area (Å²) in [6.07, 6.45) is 11.2. The Morgan fingerprint density at radius 3 is 2.30 bits per heavy atom. The number of allylic oxidation sites excluding steroid dienone is 3. The molecule has 7 nitrogen and oxygen atoms in total. The summed E-state index contributed by atoms with van der Waals surface area (Å²) in [4.78, 5) is 29.7. The molecule has 43 heavy (non-hydrogen) atoms. The van der Waals surface area contributed by atoms with Crippen molar-refractivity contribution in [2.24, 2.45) is 10.8 Å². The molecule has 0 radical (unpaired) electrons. The molecule has 1 aliphatic carbocycles. The van der Waals surface area contributed by atoms with Crippen molar-refractivity contribution in [1.29, 1.82) is 0 Å². The van der Waals surface area contributed by atoms with E-state index in [9.17, 15) is 23.5 Å². The van der Waals surface area contributed by atoms with Crippen LogP contribution < -0.4 is 10.6 Å². The van der Waals surface area contributed by atoms with E-state index in [-0.39, 0.29) is 35.7 Å². The lowest BCUT2D eigenvalue weighted by Crippen LogP contribution is -2.63. The van der Waals surface area contributed by atoms with E-state index >= 15 is 0 Å². The van der Waals surface area contributed by atoms with Gasteiger partial charge in [-0.05, 0) is 79.0 Å². The number of rotatable bonds is 8. The Bertz CT molecular complexity index is 1200. The molecule has 3 aliphatic rings. The van der Waals surface area contributed by atoms with E-state index in [4.69, 9.17) is 0 Å². The number of aliphatic hydroxyl groups is 1. The molecule has 3 N–H and O–H groups in total. The molecular weight excluding hydrogens is 550 g/mol. The van der Waals surface area contributed by atoms with Crippen molar-refractivity contribution < 1.29 is 23.5 Å². The van der Waals surface area contributed by atoms with Crippen molar-refractivity contribution in [3.8, 4) is 0 Å². The quantitative estimate of drug-likeness (QED) is 0.376. The van der Waals surface area contributed by atoms with Gasteiger partial charge < -0.3 is 25.5 Å². The second-order valence-corrected chi connectivity index (χ2v) is 14.1. The zero-order valence-corrected chi connectivity index (χ0v) is 26.5. The Kier molecular flexibility index (Phi) is 10.4. The smallest absolute Gasteiger partial charge is 0.320 e. The highest BCUT2D eigenvalue weighted by Gasteiger charge is 2.46. The third-order valence-electron chi connectivity index (χ3n) is 9.92. The molecule has 9 heteroatoms. The van der Waals surface area contributed by atoms with Crippen LogP contribution in [-0.2, 0) is 11.2 Å². The van der Waals surface area contributed by atoms with E-state index in [1.165, 1.54) is 24.6 Å². The average Bonchev–Trinajstić information content (AvgIpc) is 2.94. The van der Waals surface area contributed by atoms with Gasteiger partial charge in [0.25, 0.3) is 0 Å². The van der Waals surface area contributed by atoms with Crippen LogP contribution in [0.25, 0.3) is 0 Å². The third kappa shape index (κ3) is 8.04. The molecule has 4 atom stereocenters. The molecule has 238 valence electrons. The summed E-state index contributed by atoms with van der Waals surface area (Å²) in [5.41, 5.74) is 0.858. The number of hydrogen-bond acceptors (Lipinski definition) is 4. The number of piperidine rings is 2. The number of β-amino-alcohol motifs (C(OH)–C–C–N with tert-alkyl or cyclic N) is 1. The molecule has 0 bridgehead atoms. The monoisotopic (exact) mass is 600 g/mol. The van der Waals surface area contributed by atoms with Gasteiger partial charge in [0, 0.05) is 45.7 Å². The fourth-order valence-electron chi connectivity index (χ4n) is 6.73. The highest BCUT2D eigenvalue weighted by atomic mass is 19.1. The van der Waals surface area contributed by atoms with Gasteiger partial charge in [-0.25, -0.2) is 13.6 Å². The van der Waals surface area contributed by atoms with Crippen molar-refractivity contribution in [2.45, 2.75) is 97.2 Å². The maximum Gasteiger partial charge on any atom is 0.320 e. The molecule has 4 unspecified atom stereocenters. The average molecular weight is 601 g/mol. The second kappa shape index (κ2) is 13.5. The van der Waals surface area contributed by atoms with Gasteiger partial charge in [-0.1, -0.05) is 45.9 Å². The van der Waals surface area contributed by atoms with Crippen LogP contribution in [0.2, 0.25) is 0 Å². The van der Waals surface area contributed by atoms with Crippen LogP contribution in [0, 0.1) is 22.5 Å². The maximum absolute atomic E-state index is 13.9. The number of amides is 3. The van der Waals surface area contributed by atoms with Crippen molar-refractivity contribution in [3.63, 3.8) is 0 Å². The number of carbonyl (C=O) groups is 2. The van der Waals surface area contributed by atoms with Gasteiger partial charge in [-0.2, -0.15) is 0 Å². The number of likely N-dealkylation sites (tertiary alicyclic amines) is 2. The molecule has 2 aliphatic heterocycles. The molecule has 2 fully saturated rings. The SMILES string of the molecule is CC(=O)NC(Cc1cc(F)cc(F)c1)C(O)CNC1(C2=CC=CC(C)(C(C)(C)C)C2)CCCN(C(=O)N2CCCCC2)C1. The number of nitrogens with one attached hydrogen (secondary N) is 2. The van der Waals surface area contributed by atoms with E-state index < -0.39 is 29.3 Å². The number of halogens is 2. The molecule has 0 saturated carbocycles. The zero-order chi connectivity index (χ0) is 31.4. The Labute approximate surface area is 255 Å². The highest BCUT2D eigenvalue weighted by molar-refractivity contribution is 5.75. The predicted molar refractivity (Wildman–Crippen MR) is 165 cm³/mol. The minimum absolute atomic E-state index is 0.00156. The van der Waals surface area contributed by atoms with E-state index in [0.29, 0.717) is 18.7 Å². The number of urea groups is 1. The minimum atomic E-state index is -1.05. The van der Waals surface area contributed by atoms with Crippen molar-refractivity contribution in [2.75, 3.05) is 32.7 Å². The topological polar surface area (TPSA) is 84.9 Å². The number of nitrogens with zero attached hydrogens (tertiary/aromatic N) is 2. The molecule has 2 heterocycles. The van der Waals surface area contributed by atoms with Gasteiger partial charge in [0.15, 0.2) is 0 Å². The molecular formula is C34H50F2N4O3. The van der Waals surface area contributed by atoms with E-state index in [1.807, 2.05) is 9.80 Å². The number of carbonyl (C=O) groups excluding carboxylic acids is 2. The van der Waals surface area contributed by atoms with Gasteiger partial charge in [0.1, 0.15) is 11.6 Å². The highest BCUT2D eigenvalue weighted by Crippen LogP contribution is 2.49. The number of aliphatic hydroxyl groups excluding tert-OH is 1. The normalized spacial score (nSPS) is 26.1. The molecule has 2 saturated heterocycles. The second-order valence-electron chi connectivity index (χ2n) is 14.1. The lowest BCUT2D eigenvalue weighted by molar-refractivity contribution is -0.120. The Balaban J connectivity index is 1.60. The standard InChI is InChI=1S/C34H50F2N4O3/c1-24(41)38-29(19-25-17-27(35)20-28(36)18-25)30(42)22-37-34(26-11-9-12-33(5,21-26)32(2,3)4)13-10-16-40(23-34)31(43)39-14-7-6-8-15-39/h9,11-12,17-18,20,29-30,37,42H,6-8,10,13-16,19,21-23H2,1-5H3,(H,38,41). The van der Waals surface area contributed by atoms with Crippen LogP contribution in [0.15, 0.2) is 42.0 Å². The minimum Gasteiger partial charge on any atom is -0.390 e. The summed E-state index contributed by atoms with van der Waals surface area (Å²) in [6, 6.07) is 2.55. The third-order valence-corrected chi connectivity index (χ3v) is 9.92. The van der Waals surface area contributed by atoms with Crippen LogP contribution in [0.3, 0.4) is 0 Å². The lowest BCUT2D eigenvalue weighted by Gasteiger charge is -2.51. The van der Waals surface area contributed by atoms with Crippen LogP contribution in [-0.4, -0.2) is 77.3 Å². The fraction of sp³-hybridized carbons (Fsp3) is 0.647. The number of hydrogen-bond donors (Lipinski definition) is 3. The van der Waals surface area contributed by atoms with Crippen molar-refractivity contribution >= 4 is 11.9 Å². The summed E-state index contributed by atoms with van der Waals surface area (Å²) in [5, 5.41) is 17.9. The van der Waals surface area contributed by atoms with E-state index in [0.717, 1.165) is 57.7 Å². The largest absolute Gasteiger partial charge is 0.390 e. The van der Waals surface area contributed by atoms with Crippen LogP contribution in [0.4, 0.5) is 13.6 Å². The Hall–Kier alpha value is -2.78. The van der Waals surface area contributed by atoms with Crippen LogP contribution in [0.5, 0.6) is 0 Å². The lowest BCUT2D eigenvalue weighted by atomic mass is 9.60. The Morgan fingerprint density at radius 1 is 1.02 bits per heavy atom. The molecule has 1 aromatic rings.